The molecular formula is C21H23N3O4. The second-order valence-electron chi connectivity index (χ2n) is 7.56. The molecule has 0 radical (unpaired) electrons. The van der Waals surface area contributed by atoms with Crippen molar-refractivity contribution in [1.82, 2.24) is 15.2 Å². The lowest BCUT2D eigenvalue weighted by molar-refractivity contribution is -0.166. The lowest BCUT2D eigenvalue weighted by atomic mass is 9.82. The number of pyridine rings is 1. The lowest BCUT2D eigenvalue weighted by Gasteiger charge is -2.52. The summed E-state index contributed by atoms with van der Waals surface area (Å²) in [6.07, 6.45) is 5.02. The molecule has 3 heterocycles. The molecule has 2 fully saturated rings. The van der Waals surface area contributed by atoms with Gasteiger partial charge in [-0.1, -0.05) is 6.07 Å². The molecule has 2 aliphatic heterocycles. The maximum absolute atomic E-state index is 12.5. The molecule has 2 aromatic rings. The van der Waals surface area contributed by atoms with Crippen LogP contribution in [0.4, 0.5) is 0 Å². The van der Waals surface area contributed by atoms with E-state index in [2.05, 4.69) is 10.3 Å². The van der Waals surface area contributed by atoms with Gasteiger partial charge < -0.3 is 20.1 Å². The fourth-order valence-electron chi connectivity index (χ4n) is 3.78. The number of nitrogens with one attached hydrogen (secondary N) is 1. The van der Waals surface area contributed by atoms with E-state index in [-0.39, 0.29) is 29.1 Å². The fourth-order valence-corrected chi connectivity index (χ4v) is 3.78. The highest BCUT2D eigenvalue weighted by Gasteiger charge is 2.48. The number of aromatic nitrogens is 1. The van der Waals surface area contributed by atoms with Crippen molar-refractivity contribution in [3.05, 3.63) is 59.9 Å². The number of benzene rings is 1. The topological polar surface area (TPSA) is 91.8 Å². The normalized spacial score (nSPS) is 20.4. The van der Waals surface area contributed by atoms with E-state index >= 15 is 0 Å². The first-order chi connectivity index (χ1) is 13.5. The monoisotopic (exact) mass is 381 g/mol. The highest BCUT2D eigenvalue weighted by atomic mass is 16.5. The smallest absolute Gasteiger partial charge is 0.254 e. The van der Waals surface area contributed by atoms with Crippen molar-refractivity contribution in [2.75, 3.05) is 26.2 Å². The second-order valence-corrected chi connectivity index (χ2v) is 7.56. The number of hydrogen-bond donors (Lipinski definition) is 2. The summed E-state index contributed by atoms with van der Waals surface area (Å²) in [5, 5.41) is 12.5. The van der Waals surface area contributed by atoms with Gasteiger partial charge in [-0.25, -0.2) is 0 Å². The fraction of sp³-hybridized carbons (Fsp3) is 0.381. The molecular weight excluding hydrogens is 358 g/mol. The Balaban J connectivity index is 1.23. The van der Waals surface area contributed by atoms with Crippen LogP contribution in [0.1, 0.15) is 33.6 Å². The summed E-state index contributed by atoms with van der Waals surface area (Å²) in [6.45, 7) is 2.28. The summed E-state index contributed by atoms with van der Waals surface area (Å²) in [7, 11) is 0. The molecule has 0 aliphatic carbocycles. The van der Waals surface area contributed by atoms with Crippen molar-refractivity contribution in [2.45, 2.75) is 18.4 Å². The van der Waals surface area contributed by atoms with Gasteiger partial charge in [-0.2, -0.15) is 0 Å². The number of likely N-dealkylation sites (tertiary alicyclic amines) is 1. The third kappa shape index (κ3) is 3.84. The molecule has 0 bridgehead atoms. The number of carbonyl (C=O) groups excluding carboxylic acids is 2. The van der Waals surface area contributed by atoms with Crippen LogP contribution in [0.2, 0.25) is 0 Å². The Morgan fingerprint density at radius 2 is 2.00 bits per heavy atom. The Hall–Kier alpha value is -2.93. The van der Waals surface area contributed by atoms with E-state index in [1.165, 1.54) is 6.07 Å². The van der Waals surface area contributed by atoms with Crippen LogP contribution in [0.15, 0.2) is 48.8 Å². The highest BCUT2D eigenvalue weighted by molar-refractivity contribution is 5.95. The summed E-state index contributed by atoms with van der Waals surface area (Å²) in [5.41, 5.74) is 0.823. The van der Waals surface area contributed by atoms with Gasteiger partial charge in [-0.05, 0) is 49.1 Å². The van der Waals surface area contributed by atoms with Crippen LogP contribution in [0, 0.1) is 5.92 Å². The predicted molar refractivity (Wildman–Crippen MR) is 102 cm³/mol. The van der Waals surface area contributed by atoms with Crippen LogP contribution >= 0.6 is 0 Å². The molecule has 7 nitrogen and oxygen atoms in total. The molecule has 7 heteroatoms. The van der Waals surface area contributed by atoms with E-state index in [0.29, 0.717) is 37.4 Å². The number of hydrogen-bond acceptors (Lipinski definition) is 5. The van der Waals surface area contributed by atoms with Gasteiger partial charge in [-0.15, -0.1) is 0 Å². The minimum absolute atomic E-state index is 0.0862. The van der Waals surface area contributed by atoms with Crippen molar-refractivity contribution in [3.63, 3.8) is 0 Å². The Labute approximate surface area is 163 Å². The van der Waals surface area contributed by atoms with E-state index in [1.807, 2.05) is 0 Å². The van der Waals surface area contributed by atoms with Gasteiger partial charge in [-0.3, -0.25) is 14.6 Å². The van der Waals surface area contributed by atoms with Gasteiger partial charge in [0.25, 0.3) is 11.8 Å². The Bertz CT molecular complexity index is 855. The Morgan fingerprint density at radius 3 is 2.68 bits per heavy atom. The molecule has 2 N–H and O–H groups in total. The molecule has 0 unspecified atom stereocenters. The quantitative estimate of drug-likeness (QED) is 0.843. The molecule has 146 valence electrons. The molecule has 4 rings (SSSR count). The predicted octanol–water partition coefficient (Wildman–Crippen LogP) is 1.84. The number of rotatable bonds is 4. The summed E-state index contributed by atoms with van der Waals surface area (Å²) in [5.74, 6) is 0.171. The molecule has 28 heavy (non-hydrogen) atoms. The first kappa shape index (κ1) is 18.4. The molecule has 2 amide bonds. The average molecular weight is 381 g/mol. The number of phenols is 1. The van der Waals surface area contributed by atoms with Crippen molar-refractivity contribution < 1.29 is 19.4 Å². The number of phenolic OH excluding ortho intramolecular Hbond substituents is 1. The number of aromatic hydroxyl groups is 1. The summed E-state index contributed by atoms with van der Waals surface area (Å²) in [6, 6.07) is 9.78. The average Bonchev–Trinajstić information content (AvgIpc) is 2.71. The van der Waals surface area contributed by atoms with Gasteiger partial charge in [0.2, 0.25) is 0 Å². The standard InChI is InChI=1S/C21H23N3O4/c25-18-3-1-2-17(10-18)20(27)24-13-21(14-24)7-4-15(12-28-21)11-23-19(26)16-5-8-22-9-6-16/h1-3,5-6,8-10,15,25H,4,7,11-14H2,(H,23,26)/t15-/m0/s1. The van der Waals surface area contributed by atoms with Crippen LogP contribution in [-0.2, 0) is 4.74 Å². The molecule has 2 saturated heterocycles. The van der Waals surface area contributed by atoms with Crippen LogP contribution in [0.3, 0.4) is 0 Å². The number of amides is 2. The molecule has 1 aromatic heterocycles. The summed E-state index contributed by atoms with van der Waals surface area (Å²) < 4.78 is 6.09. The zero-order valence-corrected chi connectivity index (χ0v) is 15.5. The Kier molecular flexibility index (Phi) is 5.00. The second kappa shape index (κ2) is 7.59. The van der Waals surface area contributed by atoms with Crippen molar-refractivity contribution in [3.8, 4) is 5.75 Å². The van der Waals surface area contributed by atoms with E-state index < -0.39 is 0 Å². The van der Waals surface area contributed by atoms with Crippen molar-refractivity contribution in [2.24, 2.45) is 5.92 Å². The summed E-state index contributed by atoms with van der Waals surface area (Å²) >= 11 is 0. The molecule has 1 atom stereocenters. The van der Waals surface area contributed by atoms with Crippen LogP contribution in [0.25, 0.3) is 0 Å². The summed E-state index contributed by atoms with van der Waals surface area (Å²) in [4.78, 5) is 30.3. The number of ether oxygens (including phenoxy) is 1. The maximum Gasteiger partial charge on any atom is 0.254 e. The van der Waals surface area contributed by atoms with Crippen molar-refractivity contribution >= 4 is 11.8 Å². The minimum Gasteiger partial charge on any atom is -0.508 e. The zero-order chi connectivity index (χ0) is 19.6. The first-order valence-corrected chi connectivity index (χ1v) is 9.45. The van der Waals surface area contributed by atoms with E-state index in [4.69, 9.17) is 4.74 Å². The van der Waals surface area contributed by atoms with E-state index in [0.717, 1.165) is 12.8 Å². The minimum atomic E-state index is -0.266. The molecule has 1 aromatic carbocycles. The Morgan fingerprint density at radius 1 is 1.21 bits per heavy atom. The van der Waals surface area contributed by atoms with Gasteiger partial charge in [0, 0.05) is 30.1 Å². The zero-order valence-electron chi connectivity index (χ0n) is 15.5. The first-order valence-electron chi connectivity index (χ1n) is 9.45. The molecule has 0 saturated carbocycles. The lowest BCUT2D eigenvalue weighted by Crippen LogP contribution is -2.66. The van der Waals surface area contributed by atoms with Crippen LogP contribution < -0.4 is 5.32 Å². The number of carbonyl (C=O) groups is 2. The van der Waals surface area contributed by atoms with Gasteiger partial charge >= 0.3 is 0 Å². The van der Waals surface area contributed by atoms with Crippen LogP contribution in [0.5, 0.6) is 5.75 Å². The highest BCUT2D eigenvalue weighted by Crippen LogP contribution is 2.36. The maximum atomic E-state index is 12.5. The van der Waals surface area contributed by atoms with Gasteiger partial charge in [0.15, 0.2) is 0 Å². The third-order valence-corrected chi connectivity index (χ3v) is 5.47. The number of nitrogens with zero attached hydrogens (tertiary/aromatic N) is 2. The largest absolute Gasteiger partial charge is 0.508 e. The third-order valence-electron chi connectivity index (χ3n) is 5.47. The molecule has 1 spiro atoms. The van der Waals surface area contributed by atoms with E-state index in [9.17, 15) is 14.7 Å². The van der Waals surface area contributed by atoms with Crippen LogP contribution in [-0.4, -0.2) is 58.6 Å². The SMILES string of the molecule is O=C(NC[C@@H]1CCC2(CN(C(=O)c3cccc(O)c3)C2)OC1)c1ccncc1. The van der Waals surface area contributed by atoms with Gasteiger partial charge in [0.1, 0.15) is 11.4 Å². The van der Waals surface area contributed by atoms with Crippen molar-refractivity contribution in [1.29, 1.82) is 0 Å². The van der Waals surface area contributed by atoms with E-state index in [1.54, 1.807) is 47.6 Å². The van der Waals surface area contributed by atoms with Gasteiger partial charge in [0.05, 0.1) is 19.7 Å². The molecule has 2 aliphatic rings.